The lowest BCUT2D eigenvalue weighted by atomic mass is 10.2. The van der Waals surface area contributed by atoms with E-state index in [1.54, 1.807) is 20.4 Å². The average molecular weight is 324 g/mol. The zero-order valence-electron chi connectivity index (χ0n) is 13.9. The monoisotopic (exact) mass is 324 g/mol. The van der Waals surface area contributed by atoms with E-state index in [-0.39, 0.29) is 6.04 Å². The normalized spacial score (nSPS) is 11.8. The highest BCUT2D eigenvalue weighted by Crippen LogP contribution is 2.31. The van der Waals surface area contributed by atoms with Crippen molar-refractivity contribution in [3.63, 3.8) is 0 Å². The molecule has 0 aliphatic carbocycles. The van der Waals surface area contributed by atoms with Crippen LogP contribution < -0.4 is 14.8 Å². The summed E-state index contributed by atoms with van der Waals surface area (Å²) in [6.45, 7) is 2.00. The van der Waals surface area contributed by atoms with Crippen molar-refractivity contribution in [3.05, 3.63) is 60.6 Å². The first-order chi connectivity index (χ1) is 11.7. The zero-order valence-corrected chi connectivity index (χ0v) is 13.9. The molecule has 1 aromatic heterocycles. The molecule has 0 bridgehead atoms. The van der Waals surface area contributed by atoms with E-state index in [1.165, 1.54) is 0 Å². The molecule has 0 spiro atoms. The topological polar surface area (TPSA) is 56.5 Å². The molecular formula is C19H20N2O3. The van der Waals surface area contributed by atoms with Gasteiger partial charge in [0.25, 0.3) is 0 Å². The van der Waals surface area contributed by atoms with E-state index in [1.807, 2.05) is 55.5 Å². The van der Waals surface area contributed by atoms with Crippen molar-refractivity contribution in [2.75, 3.05) is 19.5 Å². The fourth-order valence-corrected chi connectivity index (χ4v) is 2.46. The van der Waals surface area contributed by atoms with Crippen molar-refractivity contribution >= 4 is 5.69 Å². The number of methoxy groups -OCH3 is 2. The molecule has 0 saturated heterocycles. The van der Waals surface area contributed by atoms with Crippen LogP contribution in [0.25, 0.3) is 11.3 Å². The second-order valence-electron chi connectivity index (χ2n) is 5.36. The van der Waals surface area contributed by atoms with Crippen molar-refractivity contribution in [1.82, 2.24) is 4.98 Å². The predicted octanol–water partition coefficient (Wildman–Crippen LogP) is 4.53. The maximum Gasteiger partial charge on any atom is 0.217 e. The first-order valence-electron chi connectivity index (χ1n) is 7.71. The molecule has 0 saturated carbocycles. The highest BCUT2D eigenvalue weighted by molar-refractivity contribution is 5.57. The minimum Gasteiger partial charge on any atom is -0.493 e. The number of nitrogens with one attached hydrogen (secondary N) is 1. The van der Waals surface area contributed by atoms with Crippen LogP contribution in [0.3, 0.4) is 0 Å². The van der Waals surface area contributed by atoms with E-state index in [4.69, 9.17) is 13.9 Å². The molecule has 5 nitrogen and oxygen atoms in total. The van der Waals surface area contributed by atoms with Crippen LogP contribution in [0.2, 0.25) is 0 Å². The smallest absolute Gasteiger partial charge is 0.217 e. The Labute approximate surface area is 141 Å². The largest absolute Gasteiger partial charge is 0.493 e. The number of rotatable bonds is 6. The number of aromatic nitrogens is 1. The third kappa shape index (κ3) is 3.35. The van der Waals surface area contributed by atoms with Crippen molar-refractivity contribution in [3.8, 4) is 22.8 Å². The Kier molecular flexibility index (Phi) is 4.70. The number of nitrogens with zero attached hydrogens (tertiary/aromatic N) is 1. The van der Waals surface area contributed by atoms with Gasteiger partial charge in [0.15, 0.2) is 17.3 Å². The number of benzene rings is 2. The zero-order chi connectivity index (χ0) is 16.9. The molecule has 0 aliphatic rings. The second-order valence-corrected chi connectivity index (χ2v) is 5.36. The van der Waals surface area contributed by atoms with Crippen molar-refractivity contribution in [2.24, 2.45) is 0 Å². The summed E-state index contributed by atoms with van der Waals surface area (Å²) in [4.78, 5) is 4.38. The van der Waals surface area contributed by atoms with Crippen LogP contribution in [0.15, 0.2) is 59.1 Å². The second kappa shape index (κ2) is 7.08. The minimum absolute atomic E-state index is 0.0828. The summed E-state index contributed by atoms with van der Waals surface area (Å²) in [7, 11) is 3.23. The first kappa shape index (κ1) is 15.9. The Balaban J connectivity index is 1.76. The number of anilines is 1. The molecule has 0 aliphatic heterocycles. The van der Waals surface area contributed by atoms with Gasteiger partial charge in [-0.3, -0.25) is 0 Å². The third-order valence-electron chi connectivity index (χ3n) is 3.72. The van der Waals surface area contributed by atoms with Gasteiger partial charge in [-0.2, -0.15) is 0 Å². The Morgan fingerprint density at radius 2 is 1.75 bits per heavy atom. The van der Waals surface area contributed by atoms with Gasteiger partial charge in [-0.1, -0.05) is 30.3 Å². The fraction of sp³-hybridized carbons (Fsp3) is 0.211. The molecule has 0 amide bonds. The van der Waals surface area contributed by atoms with E-state index in [9.17, 15) is 0 Å². The lowest BCUT2D eigenvalue weighted by molar-refractivity contribution is 0.355. The molecule has 5 heteroatoms. The van der Waals surface area contributed by atoms with Gasteiger partial charge in [0.05, 0.1) is 20.4 Å². The summed E-state index contributed by atoms with van der Waals surface area (Å²) >= 11 is 0. The summed E-state index contributed by atoms with van der Waals surface area (Å²) in [5.74, 6) is 2.75. The average Bonchev–Trinajstić information content (AvgIpc) is 3.12. The van der Waals surface area contributed by atoms with E-state index >= 15 is 0 Å². The lowest BCUT2D eigenvalue weighted by Gasteiger charge is -2.14. The summed E-state index contributed by atoms with van der Waals surface area (Å²) < 4.78 is 16.4. The fourth-order valence-electron chi connectivity index (χ4n) is 2.46. The molecule has 2 aromatic carbocycles. The van der Waals surface area contributed by atoms with Gasteiger partial charge in [-0.15, -0.1) is 0 Å². The SMILES string of the molecule is COc1ccc(N[C@H](C)c2ncc(-c3ccccc3)o2)cc1OC. The quantitative estimate of drug-likeness (QED) is 0.722. The van der Waals surface area contributed by atoms with Crippen LogP contribution >= 0.6 is 0 Å². The molecule has 0 unspecified atom stereocenters. The van der Waals surface area contributed by atoms with E-state index in [0.29, 0.717) is 17.4 Å². The van der Waals surface area contributed by atoms with Crippen LogP contribution in [0, 0.1) is 0 Å². The molecule has 1 N–H and O–H groups in total. The van der Waals surface area contributed by atoms with Crippen LogP contribution in [-0.2, 0) is 0 Å². The van der Waals surface area contributed by atoms with Crippen LogP contribution in [0.1, 0.15) is 18.9 Å². The van der Waals surface area contributed by atoms with Gasteiger partial charge in [-0.05, 0) is 19.1 Å². The van der Waals surface area contributed by atoms with E-state index < -0.39 is 0 Å². The number of hydrogen-bond donors (Lipinski definition) is 1. The Bertz CT molecular complexity index is 799. The molecule has 3 aromatic rings. The summed E-state index contributed by atoms with van der Waals surface area (Å²) in [6, 6.07) is 15.5. The summed E-state index contributed by atoms with van der Waals surface area (Å²) in [6.07, 6.45) is 1.75. The predicted molar refractivity (Wildman–Crippen MR) is 93.5 cm³/mol. The van der Waals surface area contributed by atoms with E-state index in [0.717, 1.165) is 17.0 Å². The van der Waals surface area contributed by atoms with Crippen molar-refractivity contribution < 1.29 is 13.9 Å². The van der Waals surface area contributed by atoms with Crippen molar-refractivity contribution in [1.29, 1.82) is 0 Å². The molecule has 0 radical (unpaired) electrons. The number of hydrogen-bond acceptors (Lipinski definition) is 5. The molecule has 124 valence electrons. The summed E-state index contributed by atoms with van der Waals surface area (Å²) in [5, 5.41) is 3.36. The molecule has 1 atom stereocenters. The number of oxazole rings is 1. The highest BCUT2D eigenvalue weighted by atomic mass is 16.5. The van der Waals surface area contributed by atoms with Crippen molar-refractivity contribution in [2.45, 2.75) is 13.0 Å². The molecule has 1 heterocycles. The van der Waals surface area contributed by atoms with E-state index in [2.05, 4.69) is 10.3 Å². The van der Waals surface area contributed by atoms with Crippen LogP contribution in [-0.4, -0.2) is 19.2 Å². The van der Waals surface area contributed by atoms with Gasteiger partial charge in [-0.25, -0.2) is 4.98 Å². The molecule has 0 fully saturated rings. The first-order valence-corrected chi connectivity index (χ1v) is 7.71. The summed E-state index contributed by atoms with van der Waals surface area (Å²) in [5.41, 5.74) is 1.91. The maximum atomic E-state index is 5.88. The van der Waals surface area contributed by atoms with Gasteiger partial charge in [0.2, 0.25) is 5.89 Å². The molecular weight excluding hydrogens is 304 g/mol. The maximum absolute atomic E-state index is 5.88. The van der Waals surface area contributed by atoms with Crippen LogP contribution in [0.5, 0.6) is 11.5 Å². The van der Waals surface area contributed by atoms with Gasteiger partial charge < -0.3 is 19.2 Å². The van der Waals surface area contributed by atoms with Crippen LogP contribution in [0.4, 0.5) is 5.69 Å². The van der Waals surface area contributed by atoms with Gasteiger partial charge >= 0.3 is 0 Å². The molecule has 3 rings (SSSR count). The van der Waals surface area contributed by atoms with Gasteiger partial charge in [0, 0.05) is 17.3 Å². The third-order valence-corrected chi connectivity index (χ3v) is 3.72. The standard InChI is InChI=1S/C19H20N2O3/c1-13(21-15-9-10-16(22-2)17(11-15)23-3)19-20-12-18(24-19)14-7-5-4-6-8-14/h4-13,21H,1-3H3/t13-/m1/s1. The highest BCUT2D eigenvalue weighted by Gasteiger charge is 2.14. The number of ether oxygens (including phenoxy) is 2. The minimum atomic E-state index is -0.0828. The Morgan fingerprint density at radius 1 is 1.00 bits per heavy atom. The van der Waals surface area contributed by atoms with Gasteiger partial charge in [0.1, 0.15) is 6.04 Å². The lowest BCUT2D eigenvalue weighted by Crippen LogP contribution is -2.07. The Morgan fingerprint density at radius 3 is 2.46 bits per heavy atom. The Hall–Kier alpha value is -2.95. The molecule has 24 heavy (non-hydrogen) atoms.